The van der Waals surface area contributed by atoms with E-state index in [0.29, 0.717) is 22.5 Å². The molecule has 0 bridgehead atoms. The molecule has 1 aliphatic carbocycles. The summed E-state index contributed by atoms with van der Waals surface area (Å²) in [6.45, 7) is 4.89. The molecule has 6 nitrogen and oxygen atoms in total. The first-order chi connectivity index (χ1) is 12.1. The van der Waals surface area contributed by atoms with Crippen LogP contribution in [-0.4, -0.2) is 39.3 Å². The summed E-state index contributed by atoms with van der Waals surface area (Å²) in [4.78, 5) is 16.9. The zero-order chi connectivity index (χ0) is 17.8. The Morgan fingerprint density at radius 3 is 2.88 bits per heavy atom. The van der Waals surface area contributed by atoms with E-state index in [4.69, 9.17) is 16.3 Å². The maximum absolute atomic E-state index is 12.6. The van der Waals surface area contributed by atoms with Gasteiger partial charge in [-0.15, -0.1) is 0 Å². The van der Waals surface area contributed by atoms with Crippen LogP contribution in [-0.2, 0) is 4.74 Å². The summed E-state index contributed by atoms with van der Waals surface area (Å²) in [6, 6.07) is 1.90. The molecule has 2 aromatic heterocycles. The number of halogens is 1. The lowest BCUT2D eigenvalue weighted by molar-refractivity contribution is 0.0209. The van der Waals surface area contributed by atoms with Gasteiger partial charge in [0, 0.05) is 18.3 Å². The summed E-state index contributed by atoms with van der Waals surface area (Å²) < 4.78 is 7.52. The fourth-order valence-corrected chi connectivity index (χ4v) is 3.50. The molecule has 3 rings (SSSR count). The number of aryl methyl sites for hydroxylation is 1. The molecule has 2 heterocycles. The van der Waals surface area contributed by atoms with Crippen LogP contribution in [0.3, 0.4) is 0 Å². The average Bonchev–Trinajstić information content (AvgIpc) is 3.01. The molecule has 2 aromatic rings. The minimum atomic E-state index is -0.139. The molecule has 0 aromatic carbocycles. The second-order valence-corrected chi connectivity index (χ2v) is 7.07. The molecule has 7 heteroatoms. The van der Waals surface area contributed by atoms with Gasteiger partial charge in [0.05, 0.1) is 12.3 Å². The van der Waals surface area contributed by atoms with Crippen molar-refractivity contribution in [1.29, 1.82) is 0 Å². The topological polar surface area (TPSA) is 68.5 Å². The Balaban J connectivity index is 1.59. The van der Waals surface area contributed by atoms with Crippen LogP contribution in [0.2, 0.25) is 5.15 Å². The lowest BCUT2D eigenvalue weighted by atomic mass is 9.92. The molecule has 0 saturated heterocycles. The van der Waals surface area contributed by atoms with Crippen molar-refractivity contribution in [2.75, 3.05) is 6.61 Å². The highest BCUT2D eigenvalue weighted by Crippen LogP contribution is 2.22. The highest BCUT2D eigenvalue weighted by molar-refractivity contribution is 6.29. The Labute approximate surface area is 152 Å². The maximum atomic E-state index is 12.6. The number of aromatic nitrogens is 3. The molecule has 25 heavy (non-hydrogen) atoms. The molecule has 1 N–H and O–H groups in total. The van der Waals surface area contributed by atoms with Gasteiger partial charge in [0.2, 0.25) is 0 Å². The summed E-state index contributed by atoms with van der Waals surface area (Å²) in [6.07, 6.45) is 8.02. The molecular formula is C18H25ClN4O2. The van der Waals surface area contributed by atoms with Gasteiger partial charge in [0.15, 0.2) is 5.65 Å². The molecular weight excluding hydrogens is 340 g/mol. The summed E-state index contributed by atoms with van der Waals surface area (Å²) in [5, 5.41) is 7.72. The van der Waals surface area contributed by atoms with Crippen LogP contribution in [0.1, 0.15) is 61.5 Å². The van der Waals surface area contributed by atoms with Gasteiger partial charge < -0.3 is 10.1 Å². The van der Waals surface area contributed by atoms with E-state index in [0.717, 1.165) is 50.8 Å². The zero-order valence-corrected chi connectivity index (χ0v) is 15.6. The van der Waals surface area contributed by atoms with Crippen molar-refractivity contribution in [3.05, 3.63) is 28.7 Å². The van der Waals surface area contributed by atoms with Gasteiger partial charge in [-0.3, -0.25) is 4.79 Å². The molecule has 1 aliphatic rings. The third kappa shape index (κ3) is 4.30. The van der Waals surface area contributed by atoms with Gasteiger partial charge in [-0.25, -0.2) is 9.50 Å². The van der Waals surface area contributed by atoms with Gasteiger partial charge in [-0.2, -0.15) is 5.10 Å². The van der Waals surface area contributed by atoms with Gasteiger partial charge >= 0.3 is 0 Å². The van der Waals surface area contributed by atoms with E-state index in [1.165, 1.54) is 0 Å². The van der Waals surface area contributed by atoms with Gasteiger partial charge in [0.25, 0.3) is 5.91 Å². The molecule has 1 saturated carbocycles. The third-order valence-electron chi connectivity index (χ3n) is 4.72. The van der Waals surface area contributed by atoms with Crippen LogP contribution in [0.4, 0.5) is 0 Å². The normalized spacial score (nSPS) is 20.8. The number of hydrogen-bond acceptors (Lipinski definition) is 4. The van der Waals surface area contributed by atoms with Gasteiger partial charge in [0.1, 0.15) is 10.7 Å². The van der Waals surface area contributed by atoms with E-state index >= 15 is 0 Å². The van der Waals surface area contributed by atoms with Crippen LogP contribution >= 0.6 is 11.6 Å². The lowest BCUT2D eigenvalue weighted by Crippen LogP contribution is -2.39. The van der Waals surface area contributed by atoms with Crippen LogP contribution < -0.4 is 5.32 Å². The number of unbranched alkanes of at least 4 members (excludes halogenated alkanes) is 1. The number of rotatable bonds is 6. The first-order valence-electron chi connectivity index (χ1n) is 9.01. The zero-order valence-electron chi connectivity index (χ0n) is 14.8. The second kappa shape index (κ2) is 8.15. The van der Waals surface area contributed by atoms with E-state index < -0.39 is 0 Å². The quantitative estimate of drug-likeness (QED) is 0.628. The second-order valence-electron chi connectivity index (χ2n) is 6.69. The van der Waals surface area contributed by atoms with E-state index in [9.17, 15) is 4.79 Å². The van der Waals surface area contributed by atoms with Crippen molar-refractivity contribution in [2.24, 2.45) is 0 Å². The third-order valence-corrected chi connectivity index (χ3v) is 4.92. The summed E-state index contributed by atoms with van der Waals surface area (Å²) >= 11 is 6.02. The summed E-state index contributed by atoms with van der Waals surface area (Å²) in [5.74, 6) is -0.139. The number of nitrogens with one attached hydrogen (secondary N) is 1. The minimum Gasteiger partial charge on any atom is -0.378 e. The van der Waals surface area contributed by atoms with E-state index in [2.05, 4.69) is 22.3 Å². The monoisotopic (exact) mass is 364 g/mol. The predicted octanol–water partition coefficient (Wildman–Crippen LogP) is 3.55. The van der Waals surface area contributed by atoms with E-state index in [1.54, 1.807) is 16.8 Å². The number of carbonyl (C=O) groups is 1. The molecule has 0 aliphatic heterocycles. The molecule has 1 fully saturated rings. The Bertz CT molecular complexity index is 738. The number of fused-ring (bicyclic) bond motifs is 1. The summed E-state index contributed by atoms with van der Waals surface area (Å²) in [7, 11) is 0. The summed E-state index contributed by atoms with van der Waals surface area (Å²) in [5.41, 5.74) is 1.81. The van der Waals surface area contributed by atoms with Crippen LogP contribution in [0.5, 0.6) is 0 Å². The largest absolute Gasteiger partial charge is 0.378 e. The van der Waals surface area contributed by atoms with Crippen molar-refractivity contribution in [1.82, 2.24) is 19.9 Å². The molecule has 1 amide bonds. The van der Waals surface area contributed by atoms with Crippen molar-refractivity contribution in [3.63, 3.8) is 0 Å². The first kappa shape index (κ1) is 18.1. The number of nitrogens with zero attached hydrogens (tertiary/aromatic N) is 3. The highest BCUT2D eigenvalue weighted by Gasteiger charge is 2.24. The molecule has 0 spiro atoms. The lowest BCUT2D eigenvalue weighted by Gasteiger charge is -2.29. The molecule has 136 valence electrons. The Hall–Kier alpha value is -1.66. The number of ether oxygens (including phenoxy) is 1. The Morgan fingerprint density at radius 1 is 1.40 bits per heavy atom. The fourth-order valence-electron chi connectivity index (χ4n) is 3.27. The van der Waals surface area contributed by atoms with Crippen LogP contribution in [0.25, 0.3) is 5.65 Å². The predicted molar refractivity (Wildman–Crippen MR) is 97.1 cm³/mol. The SMILES string of the molecule is CCCCOC1CCC(NC(=O)c2cnn3c(C)cc(Cl)nc23)CC1. The minimum absolute atomic E-state index is 0.139. The molecule has 0 atom stereocenters. The maximum Gasteiger partial charge on any atom is 0.256 e. The van der Waals surface area contributed by atoms with Crippen molar-refractivity contribution < 1.29 is 9.53 Å². The van der Waals surface area contributed by atoms with E-state index in [1.807, 2.05) is 6.92 Å². The van der Waals surface area contributed by atoms with Crippen molar-refractivity contribution in [3.8, 4) is 0 Å². The van der Waals surface area contributed by atoms with Gasteiger partial charge in [-0.05, 0) is 45.1 Å². The van der Waals surface area contributed by atoms with E-state index in [-0.39, 0.29) is 11.9 Å². The standard InChI is InChI=1S/C18H25ClN4O2/c1-3-4-9-25-14-7-5-13(6-8-14)21-18(24)15-11-20-23-12(2)10-16(19)22-17(15)23/h10-11,13-14H,3-9H2,1-2H3,(H,21,24). The average molecular weight is 365 g/mol. The number of hydrogen-bond donors (Lipinski definition) is 1. The van der Waals surface area contributed by atoms with Crippen LogP contribution in [0.15, 0.2) is 12.3 Å². The van der Waals surface area contributed by atoms with Gasteiger partial charge in [-0.1, -0.05) is 24.9 Å². The highest BCUT2D eigenvalue weighted by atomic mass is 35.5. The molecule has 0 radical (unpaired) electrons. The number of amides is 1. The Kier molecular flexibility index (Phi) is 5.91. The number of carbonyl (C=O) groups excluding carboxylic acids is 1. The van der Waals surface area contributed by atoms with Crippen molar-refractivity contribution >= 4 is 23.2 Å². The first-order valence-corrected chi connectivity index (χ1v) is 9.39. The smallest absolute Gasteiger partial charge is 0.256 e. The Morgan fingerprint density at radius 2 is 2.16 bits per heavy atom. The van der Waals surface area contributed by atoms with Crippen molar-refractivity contribution in [2.45, 2.75) is 64.5 Å². The fraction of sp³-hybridized carbons (Fsp3) is 0.611. The van der Waals surface area contributed by atoms with Crippen LogP contribution in [0, 0.1) is 6.92 Å². The molecule has 0 unspecified atom stereocenters.